The number of hydrogen-bond acceptors (Lipinski definition) is 5. The van der Waals surface area contributed by atoms with E-state index in [2.05, 4.69) is 44.9 Å². The van der Waals surface area contributed by atoms with E-state index < -0.39 is 6.04 Å². The Kier molecular flexibility index (Phi) is 5.72. The average Bonchev–Trinajstić information content (AvgIpc) is 3.35. The summed E-state index contributed by atoms with van der Waals surface area (Å²) in [5.41, 5.74) is 4.10. The average molecular weight is 418 g/mol. The van der Waals surface area contributed by atoms with Crippen LogP contribution in [0.4, 0.5) is 5.13 Å². The summed E-state index contributed by atoms with van der Waals surface area (Å²) in [6, 6.07) is 21.9. The van der Waals surface area contributed by atoms with E-state index in [4.69, 9.17) is 0 Å². The molecular weight excluding hydrogens is 394 g/mol. The van der Waals surface area contributed by atoms with Gasteiger partial charge in [0.2, 0.25) is 5.13 Å². The van der Waals surface area contributed by atoms with Crippen LogP contribution in [0, 0.1) is 13.8 Å². The molecule has 2 aromatic carbocycles. The van der Waals surface area contributed by atoms with Crippen LogP contribution in [0.15, 0.2) is 66.7 Å². The molecule has 1 atom stereocenters. The molecule has 0 bridgehead atoms. The van der Waals surface area contributed by atoms with Gasteiger partial charge in [-0.1, -0.05) is 72.0 Å². The second kappa shape index (κ2) is 8.59. The number of nitrogens with zero attached hydrogens (tertiary/aromatic N) is 4. The van der Waals surface area contributed by atoms with Gasteiger partial charge in [0, 0.05) is 5.69 Å². The first-order valence-electron chi connectivity index (χ1n) is 9.80. The molecule has 4 aromatic rings. The molecule has 0 spiro atoms. The second-order valence-electron chi connectivity index (χ2n) is 7.24. The Balaban J connectivity index is 1.58. The smallest absolute Gasteiger partial charge is 0.250 e. The third-order valence-electron chi connectivity index (χ3n) is 4.97. The molecule has 152 valence electrons. The van der Waals surface area contributed by atoms with Crippen molar-refractivity contribution in [2.75, 3.05) is 5.32 Å². The van der Waals surface area contributed by atoms with Gasteiger partial charge in [-0.05, 0) is 38.0 Å². The minimum Gasteiger partial charge on any atom is -0.299 e. The predicted molar refractivity (Wildman–Crippen MR) is 119 cm³/mol. The maximum atomic E-state index is 12.8. The van der Waals surface area contributed by atoms with Gasteiger partial charge in [0.1, 0.15) is 11.0 Å². The standard InChI is InChI=1S/C23H23N5OS/c1-15-14-16(2)28(27-15)17(3)21(29)24-23-26-25-22(30-23)20(18-10-6-4-7-11-18)19-12-8-5-9-13-19/h4-14,17,20H,1-3H3,(H,24,26,29)/t17-/m1/s1. The fourth-order valence-corrected chi connectivity index (χ4v) is 4.43. The fourth-order valence-electron chi connectivity index (χ4n) is 3.53. The van der Waals surface area contributed by atoms with Crippen molar-refractivity contribution in [1.29, 1.82) is 0 Å². The third-order valence-corrected chi connectivity index (χ3v) is 5.88. The van der Waals surface area contributed by atoms with Gasteiger partial charge in [-0.25, -0.2) is 0 Å². The van der Waals surface area contributed by atoms with Crippen molar-refractivity contribution in [2.24, 2.45) is 0 Å². The zero-order chi connectivity index (χ0) is 21.1. The van der Waals surface area contributed by atoms with Crippen molar-refractivity contribution in [1.82, 2.24) is 20.0 Å². The number of rotatable bonds is 6. The lowest BCUT2D eigenvalue weighted by atomic mass is 9.92. The first kappa shape index (κ1) is 20.0. The lowest BCUT2D eigenvalue weighted by Gasteiger charge is -2.15. The quantitative estimate of drug-likeness (QED) is 0.492. The van der Waals surface area contributed by atoms with E-state index in [1.807, 2.05) is 63.2 Å². The summed E-state index contributed by atoms with van der Waals surface area (Å²) >= 11 is 1.40. The zero-order valence-corrected chi connectivity index (χ0v) is 17.9. The Labute approximate surface area is 179 Å². The Hall–Kier alpha value is -3.32. The highest BCUT2D eigenvalue weighted by Gasteiger charge is 2.23. The lowest BCUT2D eigenvalue weighted by molar-refractivity contribution is -0.119. The zero-order valence-electron chi connectivity index (χ0n) is 17.1. The summed E-state index contributed by atoms with van der Waals surface area (Å²) in [6.45, 7) is 5.68. The van der Waals surface area contributed by atoms with Crippen molar-refractivity contribution in [3.8, 4) is 0 Å². The van der Waals surface area contributed by atoms with E-state index in [1.165, 1.54) is 11.3 Å². The molecule has 0 saturated heterocycles. The monoisotopic (exact) mass is 417 g/mol. The second-order valence-corrected chi connectivity index (χ2v) is 8.25. The first-order chi connectivity index (χ1) is 14.5. The van der Waals surface area contributed by atoms with E-state index in [9.17, 15) is 4.79 Å². The van der Waals surface area contributed by atoms with Gasteiger partial charge in [-0.15, -0.1) is 10.2 Å². The largest absolute Gasteiger partial charge is 0.299 e. The highest BCUT2D eigenvalue weighted by atomic mass is 32.1. The maximum Gasteiger partial charge on any atom is 0.250 e. The third kappa shape index (κ3) is 4.16. The molecule has 0 unspecified atom stereocenters. The highest BCUT2D eigenvalue weighted by molar-refractivity contribution is 7.15. The molecule has 0 aliphatic rings. The molecule has 0 aliphatic carbocycles. The van der Waals surface area contributed by atoms with Crippen molar-refractivity contribution in [2.45, 2.75) is 32.7 Å². The Morgan fingerprint density at radius 1 is 0.967 bits per heavy atom. The van der Waals surface area contributed by atoms with E-state index in [0.29, 0.717) is 5.13 Å². The molecule has 0 saturated carbocycles. The van der Waals surface area contributed by atoms with Gasteiger partial charge in [0.15, 0.2) is 0 Å². The minimum atomic E-state index is -0.440. The molecule has 0 fully saturated rings. The number of anilines is 1. The van der Waals surface area contributed by atoms with E-state index >= 15 is 0 Å². The molecule has 1 N–H and O–H groups in total. The van der Waals surface area contributed by atoms with Crippen molar-refractivity contribution in [3.63, 3.8) is 0 Å². The van der Waals surface area contributed by atoms with Crippen LogP contribution in [0.25, 0.3) is 0 Å². The van der Waals surface area contributed by atoms with E-state index in [0.717, 1.165) is 27.5 Å². The molecule has 1 amide bonds. The Morgan fingerprint density at radius 3 is 2.10 bits per heavy atom. The van der Waals surface area contributed by atoms with Gasteiger partial charge in [0.25, 0.3) is 5.91 Å². The topological polar surface area (TPSA) is 72.7 Å². The number of carbonyl (C=O) groups excluding carboxylic acids is 1. The fraction of sp³-hybridized carbons (Fsp3) is 0.217. The number of carbonyl (C=O) groups is 1. The highest BCUT2D eigenvalue weighted by Crippen LogP contribution is 2.34. The van der Waals surface area contributed by atoms with Crippen molar-refractivity contribution >= 4 is 22.4 Å². The first-order valence-corrected chi connectivity index (χ1v) is 10.6. The minimum absolute atomic E-state index is 0.0380. The molecule has 0 radical (unpaired) electrons. The summed E-state index contributed by atoms with van der Waals surface area (Å²) < 4.78 is 1.73. The maximum absolute atomic E-state index is 12.8. The van der Waals surface area contributed by atoms with Gasteiger partial charge >= 0.3 is 0 Å². The number of amides is 1. The van der Waals surface area contributed by atoms with E-state index in [-0.39, 0.29) is 11.8 Å². The van der Waals surface area contributed by atoms with Gasteiger partial charge in [-0.3, -0.25) is 14.8 Å². The van der Waals surface area contributed by atoms with Gasteiger partial charge < -0.3 is 0 Å². The van der Waals surface area contributed by atoms with Crippen molar-refractivity contribution < 1.29 is 4.79 Å². The molecule has 30 heavy (non-hydrogen) atoms. The summed E-state index contributed by atoms with van der Waals surface area (Å²) in [5.74, 6) is -0.205. The SMILES string of the molecule is Cc1cc(C)n([C@H](C)C(=O)Nc2nnc(C(c3ccccc3)c3ccccc3)s2)n1. The van der Waals surface area contributed by atoms with Gasteiger partial charge in [0.05, 0.1) is 11.6 Å². The number of aryl methyl sites for hydroxylation is 2. The van der Waals surface area contributed by atoms with Crippen LogP contribution in [0.5, 0.6) is 0 Å². The number of hydrogen-bond donors (Lipinski definition) is 1. The lowest BCUT2D eigenvalue weighted by Crippen LogP contribution is -2.25. The van der Waals surface area contributed by atoms with Crippen LogP contribution < -0.4 is 5.32 Å². The molecular formula is C23H23N5OS. The molecule has 0 aliphatic heterocycles. The van der Waals surface area contributed by atoms with Crippen LogP contribution in [-0.2, 0) is 4.79 Å². The van der Waals surface area contributed by atoms with Crippen LogP contribution in [0.3, 0.4) is 0 Å². The molecule has 7 heteroatoms. The number of benzene rings is 2. The number of nitrogens with one attached hydrogen (secondary N) is 1. The van der Waals surface area contributed by atoms with Crippen LogP contribution >= 0.6 is 11.3 Å². The van der Waals surface area contributed by atoms with Gasteiger partial charge in [-0.2, -0.15) is 5.10 Å². The van der Waals surface area contributed by atoms with Crippen LogP contribution in [0.2, 0.25) is 0 Å². The Bertz CT molecular complexity index is 1100. The van der Waals surface area contributed by atoms with Crippen molar-refractivity contribution in [3.05, 3.63) is 94.3 Å². The summed E-state index contributed by atoms with van der Waals surface area (Å²) in [7, 11) is 0. The summed E-state index contributed by atoms with van der Waals surface area (Å²) in [6.07, 6.45) is 0. The van der Waals surface area contributed by atoms with Crippen LogP contribution in [-0.4, -0.2) is 25.9 Å². The number of aromatic nitrogens is 4. The van der Waals surface area contributed by atoms with E-state index in [1.54, 1.807) is 4.68 Å². The normalized spacial score (nSPS) is 12.1. The molecule has 6 nitrogen and oxygen atoms in total. The predicted octanol–water partition coefficient (Wildman–Crippen LogP) is 4.73. The summed E-state index contributed by atoms with van der Waals surface area (Å²) in [4.78, 5) is 12.8. The molecule has 4 rings (SSSR count). The summed E-state index contributed by atoms with van der Waals surface area (Å²) in [5, 5.41) is 17.3. The van der Waals surface area contributed by atoms with Crippen LogP contribution in [0.1, 0.15) is 46.4 Å². The molecule has 2 aromatic heterocycles. The Morgan fingerprint density at radius 2 is 1.57 bits per heavy atom. The molecule has 2 heterocycles.